The number of ether oxygens (including phenoxy) is 2. The van der Waals surface area contributed by atoms with Gasteiger partial charge in [-0.25, -0.2) is 4.68 Å². The molecule has 0 radical (unpaired) electrons. The fraction of sp³-hybridized carbons (Fsp3) is 0.259. The summed E-state index contributed by atoms with van der Waals surface area (Å²) < 4.78 is 13.2. The standard InChI is InChI=1S/C27H25N5O4/c33-26(20-11-9-19(10-12-20)17-32-22-6-2-1-5-21(22)28-29-32)31-18-25(27(34)30-13-15-35-16-14-30)36-24-8-4-3-7-23(24)31/h1-12,25H,13-18H2. The normalized spacial score (nSPS) is 17.5. The Morgan fingerprint density at radius 2 is 1.67 bits per heavy atom. The first-order valence-electron chi connectivity index (χ1n) is 12.0. The third-order valence-corrected chi connectivity index (χ3v) is 6.57. The first kappa shape index (κ1) is 22.2. The average Bonchev–Trinajstić information content (AvgIpc) is 3.35. The maximum Gasteiger partial charge on any atom is 0.265 e. The van der Waals surface area contributed by atoms with Crippen LogP contribution in [0.4, 0.5) is 5.69 Å². The second-order valence-electron chi connectivity index (χ2n) is 8.86. The number of carbonyl (C=O) groups excluding carboxylic acids is 2. The smallest absolute Gasteiger partial charge is 0.265 e. The molecule has 1 fully saturated rings. The summed E-state index contributed by atoms with van der Waals surface area (Å²) >= 11 is 0. The second-order valence-corrected chi connectivity index (χ2v) is 8.86. The van der Waals surface area contributed by atoms with Gasteiger partial charge in [0.2, 0.25) is 0 Å². The Bertz CT molecular complexity index is 1410. The third-order valence-electron chi connectivity index (χ3n) is 6.57. The van der Waals surface area contributed by atoms with Crippen LogP contribution >= 0.6 is 0 Å². The molecular formula is C27H25N5O4. The van der Waals surface area contributed by atoms with Crippen LogP contribution in [0.1, 0.15) is 15.9 Å². The summed E-state index contributed by atoms with van der Waals surface area (Å²) in [4.78, 5) is 30.1. The Morgan fingerprint density at radius 3 is 2.50 bits per heavy atom. The van der Waals surface area contributed by atoms with Gasteiger partial charge in [0.05, 0.1) is 37.5 Å². The summed E-state index contributed by atoms with van der Waals surface area (Å²) in [5.74, 6) is 0.225. The van der Waals surface area contributed by atoms with E-state index in [9.17, 15) is 9.59 Å². The fourth-order valence-corrected chi connectivity index (χ4v) is 4.66. The van der Waals surface area contributed by atoms with Gasteiger partial charge in [-0.3, -0.25) is 9.59 Å². The molecule has 4 aromatic rings. The number of anilines is 1. The molecule has 2 aliphatic heterocycles. The van der Waals surface area contributed by atoms with Crippen LogP contribution in [0.15, 0.2) is 72.8 Å². The molecule has 1 unspecified atom stereocenters. The number of hydrogen-bond acceptors (Lipinski definition) is 6. The van der Waals surface area contributed by atoms with Crippen molar-refractivity contribution in [2.45, 2.75) is 12.6 Å². The molecule has 3 aromatic carbocycles. The molecule has 1 saturated heterocycles. The molecule has 36 heavy (non-hydrogen) atoms. The van der Waals surface area contributed by atoms with Crippen molar-refractivity contribution < 1.29 is 19.1 Å². The lowest BCUT2D eigenvalue weighted by Crippen LogP contribution is -2.54. The first-order valence-corrected chi connectivity index (χ1v) is 12.0. The van der Waals surface area contributed by atoms with Crippen molar-refractivity contribution in [1.29, 1.82) is 0 Å². The molecule has 2 aliphatic rings. The van der Waals surface area contributed by atoms with Crippen LogP contribution in [-0.2, 0) is 16.1 Å². The second kappa shape index (κ2) is 9.43. The van der Waals surface area contributed by atoms with Gasteiger partial charge in [0.15, 0.2) is 6.10 Å². The lowest BCUT2D eigenvalue weighted by Gasteiger charge is -2.37. The van der Waals surface area contributed by atoms with Crippen molar-refractivity contribution in [2.75, 3.05) is 37.7 Å². The van der Waals surface area contributed by atoms with E-state index in [2.05, 4.69) is 10.3 Å². The molecule has 0 spiro atoms. The van der Waals surface area contributed by atoms with Crippen LogP contribution in [0.25, 0.3) is 11.0 Å². The quantitative estimate of drug-likeness (QED) is 0.444. The molecule has 6 rings (SSSR count). The Labute approximate surface area is 207 Å². The number of fused-ring (bicyclic) bond motifs is 2. The van der Waals surface area contributed by atoms with Gasteiger partial charge in [0, 0.05) is 18.7 Å². The minimum absolute atomic E-state index is 0.124. The van der Waals surface area contributed by atoms with Gasteiger partial charge in [-0.15, -0.1) is 5.10 Å². The number of amides is 2. The van der Waals surface area contributed by atoms with Gasteiger partial charge in [0.25, 0.3) is 11.8 Å². The van der Waals surface area contributed by atoms with E-state index in [-0.39, 0.29) is 18.4 Å². The molecule has 1 atom stereocenters. The zero-order valence-corrected chi connectivity index (χ0v) is 19.6. The Hall–Kier alpha value is -4.24. The van der Waals surface area contributed by atoms with Crippen molar-refractivity contribution in [2.24, 2.45) is 0 Å². The number of carbonyl (C=O) groups is 2. The third kappa shape index (κ3) is 4.18. The molecule has 3 heterocycles. The molecule has 2 amide bonds. The highest BCUT2D eigenvalue weighted by Crippen LogP contribution is 2.34. The van der Waals surface area contributed by atoms with Crippen molar-refractivity contribution in [1.82, 2.24) is 19.9 Å². The molecule has 0 bridgehead atoms. The number of benzene rings is 3. The Morgan fingerprint density at radius 1 is 0.917 bits per heavy atom. The lowest BCUT2D eigenvalue weighted by molar-refractivity contribution is -0.142. The van der Waals surface area contributed by atoms with E-state index in [0.29, 0.717) is 49.8 Å². The lowest BCUT2D eigenvalue weighted by atomic mass is 10.1. The molecule has 182 valence electrons. The highest BCUT2D eigenvalue weighted by Gasteiger charge is 2.36. The molecule has 0 N–H and O–H groups in total. The number of para-hydroxylation sites is 3. The van der Waals surface area contributed by atoms with Crippen LogP contribution in [0.2, 0.25) is 0 Å². The number of hydrogen-bond donors (Lipinski definition) is 0. The van der Waals surface area contributed by atoms with E-state index >= 15 is 0 Å². The van der Waals surface area contributed by atoms with Crippen LogP contribution < -0.4 is 9.64 Å². The van der Waals surface area contributed by atoms with E-state index in [4.69, 9.17) is 9.47 Å². The van der Waals surface area contributed by atoms with Gasteiger partial charge in [-0.05, 0) is 42.0 Å². The monoisotopic (exact) mass is 483 g/mol. The van der Waals surface area contributed by atoms with E-state index < -0.39 is 6.10 Å². The molecule has 9 nitrogen and oxygen atoms in total. The molecule has 9 heteroatoms. The minimum atomic E-state index is -0.762. The summed E-state index contributed by atoms with van der Waals surface area (Å²) in [5.41, 5.74) is 4.00. The number of rotatable bonds is 4. The Kier molecular flexibility index (Phi) is 5.82. The van der Waals surface area contributed by atoms with Crippen molar-refractivity contribution in [3.8, 4) is 5.75 Å². The molecule has 1 aromatic heterocycles. The maximum atomic E-state index is 13.6. The van der Waals surface area contributed by atoms with E-state index in [1.165, 1.54) is 0 Å². The predicted octanol–water partition coefficient (Wildman–Crippen LogP) is 2.75. The zero-order chi connectivity index (χ0) is 24.5. The van der Waals surface area contributed by atoms with Gasteiger partial charge >= 0.3 is 0 Å². The summed E-state index contributed by atoms with van der Waals surface area (Å²) in [6, 6.07) is 22.6. The van der Waals surface area contributed by atoms with Crippen LogP contribution in [0.3, 0.4) is 0 Å². The molecule has 0 aliphatic carbocycles. The zero-order valence-electron chi connectivity index (χ0n) is 19.6. The fourth-order valence-electron chi connectivity index (χ4n) is 4.66. The maximum absolute atomic E-state index is 13.6. The van der Waals surface area contributed by atoms with E-state index in [0.717, 1.165) is 16.6 Å². The van der Waals surface area contributed by atoms with E-state index in [1.54, 1.807) is 15.9 Å². The van der Waals surface area contributed by atoms with Crippen molar-refractivity contribution in [3.63, 3.8) is 0 Å². The van der Waals surface area contributed by atoms with E-state index in [1.807, 2.05) is 71.4 Å². The van der Waals surface area contributed by atoms with Gasteiger partial charge in [-0.2, -0.15) is 0 Å². The topological polar surface area (TPSA) is 89.8 Å². The highest BCUT2D eigenvalue weighted by molar-refractivity contribution is 6.08. The number of nitrogens with zero attached hydrogens (tertiary/aromatic N) is 5. The average molecular weight is 484 g/mol. The van der Waals surface area contributed by atoms with Crippen molar-refractivity contribution in [3.05, 3.63) is 83.9 Å². The SMILES string of the molecule is O=C(C1CN(C(=O)c2ccc(Cn3nnc4ccccc43)cc2)c2ccccc2O1)N1CCOCC1. The predicted molar refractivity (Wildman–Crippen MR) is 133 cm³/mol. The summed E-state index contributed by atoms with van der Waals surface area (Å²) in [7, 11) is 0. The molecule has 0 saturated carbocycles. The largest absolute Gasteiger partial charge is 0.476 e. The highest BCUT2D eigenvalue weighted by atomic mass is 16.5. The van der Waals surface area contributed by atoms with Crippen LogP contribution in [-0.4, -0.2) is 70.7 Å². The van der Waals surface area contributed by atoms with Gasteiger partial charge in [0.1, 0.15) is 11.3 Å². The number of morpholine rings is 1. The Balaban J connectivity index is 1.22. The van der Waals surface area contributed by atoms with Crippen molar-refractivity contribution >= 4 is 28.5 Å². The summed E-state index contributed by atoms with van der Waals surface area (Å²) in [6.45, 7) is 2.76. The number of aromatic nitrogens is 3. The van der Waals surface area contributed by atoms with Gasteiger partial charge in [-0.1, -0.05) is 41.6 Å². The van der Waals surface area contributed by atoms with Crippen LogP contribution in [0.5, 0.6) is 5.75 Å². The van der Waals surface area contributed by atoms with Gasteiger partial charge < -0.3 is 19.3 Å². The first-order chi connectivity index (χ1) is 17.7. The minimum Gasteiger partial charge on any atom is -0.476 e. The summed E-state index contributed by atoms with van der Waals surface area (Å²) in [5, 5.41) is 8.44. The summed E-state index contributed by atoms with van der Waals surface area (Å²) in [6.07, 6.45) is -0.762. The van der Waals surface area contributed by atoms with Crippen LogP contribution in [0, 0.1) is 0 Å². The molecular weight excluding hydrogens is 458 g/mol.